The normalized spacial score (nSPS) is 22.2. The number of ether oxygens (including phenoxy) is 2. The van der Waals surface area contributed by atoms with Gasteiger partial charge >= 0.3 is 0 Å². The fourth-order valence-electron chi connectivity index (χ4n) is 2.71. The lowest BCUT2D eigenvalue weighted by Gasteiger charge is -2.23. The third kappa shape index (κ3) is 3.45. The van der Waals surface area contributed by atoms with Crippen LogP contribution in [-0.4, -0.2) is 46.9 Å². The lowest BCUT2D eigenvalue weighted by Crippen LogP contribution is -2.31. The Hall–Kier alpha value is -1.89. The lowest BCUT2D eigenvalue weighted by atomic mass is 10.2. The highest BCUT2D eigenvalue weighted by Gasteiger charge is 2.31. The van der Waals surface area contributed by atoms with Crippen molar-refractivity contribution in [3.63, 3.8) is 0 Å². The van der Waals surface area contributed by atoms with Crippen LogP contribution in [0.3, 0.4) is 0 Å². The molecule has 5 nitrogen and oxygen atoms in total. The highest BCUT2D eigenvalue weighted by atomic mass is 32.2. The number of sulfone groups is 1. The minimum absolute atomic E-state index is 0.234. The van der Waals surface area contributed by atoms with Gasteiger partial charge in [-0.3, -0.25) is 0 Å². The van der Waals surface area contributed by atoms with Crippen LogP contribution >= 0.6 is 0 Å². The maximum Gasteiger partial charge on any atom is 0.206 e. The van der Waals surface area contributed by atoms with E-state index in [1.807, 2.05) is 12.1 Å². The van der Waals surface area contributed by atoms with Crippen LogP contribution in [0.2, 0.25) is 0 Å². The molecule has 0 radical (unpaired) electrons. The highest BCUT2D eigenvalue weighted by molar-refractivity contribution is 7.91. The van der Waals surface area contributed by atoms with E-state index in [2.05, 4.69) is 4.90 Å². The molecule has 6 heteroatoms. The number of benzene rings is 2. The van der Waals surface area contributed by atoms with Crippen molar-refractivity contribution < 1.29 is 17.9 Å². The summed E-state index contributed by atoms with van der Waals surface area (Å²) in [6.45, 7) is 3.05. The SMILES string of the molecule is O=S(=O)(c1ccccc1)c1cccc(N(CC2CO2)CC2CO2)c1. The summed E-state index contributed by atoms with van der Waals surface area (Å²) in [6, 6.07) is 15.6. The summed E-state index contributed by atoms with van der Waals surface area (Å²) < 4.78 is 36.3. The molecule has 2 aliphatic rings. The van der Waals surface area contributed by atoms with Crippen molar-refractivity contribution in [2.45, 2.75) is 22.0 Å². The Balaban J connectivity index is 1.64. The zero-order valence-electron chi connectivity index (χ0n) is 13.2. The standard InChI is InChI=1S/C18H19NO4S/c20-24(21,17-6-2-1-3-7-17)18-8-4-5-14(9-18)19(10-15-12-22-15)11-16-13-23-16/h1-9,15-16H,10-13H2. The highest BCUT2D eigenvalue weighted by Crippen LogP contribution is 2.27. The van der Waals surface area contributed by atoms with Gasteiger partial charge in [-0.05, 0) is 30.3 Å². The maximum atomic E-state index is 12.8. The molecule has 2 saturated heterocycles. The van der Waals surface area contributed by atoms with E-state index in [-0.39, 0.29) is 12.2 Å². The largest absolute Gasteiger partial charge is 0.371 e. The number of rotatable bonds is 7. The van der Waals surface area contributed by atoms with Gasteiger partial charge in [0.05, 0.1) is 35.2 Å². The van der Waals surface area contributed by atoms with Crippen LogP contribution in [0.25, 0.3) is 0 Å². The van der Waals surface area contributed by atoms with Gasteiger partial charge in [-0.15, -0.1) is 0 Å². The Kier molecular flexibility index (Phi) is 4.04. The number of anilines is 1. The van der Waals surface area contributed by atoms with Gasteiger partial charge in [-0.1, -0.05) is 24.3 Å². The van der Waals surface area contributed by atoms with E-state index in [9.17, 15) is 8.42 Å². The van der Waals surface area contributed by atoms with E-state index in [4.69, 9.17) is 9.47 Å². The minimum Gasteiger partial charge on any atom is -0.371 e. The molecule has 0 aliphatic carbocycles. The van der Waals surface area contributed by atoms with Crippen LogP contribution in [0.5, 0.6) is 0 Å². The molecule has 24 heavy (non-hydrogen) atoms. The summed E-state index contributed by atoms with van der Waals surface area (Å²) in [6.07, 6.45) is 0.469. The second-order valence-corrected chi connectivity index (χ2v) is 8.08. The maximum absolute atomic E-state index is 12.8. The predicted octanol–water partition coefficient (Wildman–Crippen LogP) is 2.12. The van der Waals surface area contributed by atoms with E-state index in [1.54, 1.807) is 42.5 Å². The molecule has 0 aromatic heterocycles. The van der Waals surface area contributed by atoms with Gasteiger partial charge in [0, 0.05) is 18.8 Å². The Morgan fingerprint density at radius 2 is 1.46 bits per heavy atom. The molecule has 2 aliphatic heterocycles. The van der Waals surface area contributed by atoms with E-state index in [0.717, 1.165) is 32.0 Å². The molecule has 0 amide bonds. The smallest absolute Gasteiger partial charge is 0.206 e. The van der Waals surface area contributed by atoms with Crippen molar-refractivity contribution in [3.05, 3.63) is 54.6 Å². The Labute approximate surface area is 141 Å². The Morgan fingerprint density at radius 1 is 0.875 bits per heavy atom. The summed E-state index contributed by atoms with van der Waals surface area (Å²) in [5.74, 6) is 0. The summed E-state index contributed by atoms with van der Waals surface area (Å²) in [4.78, 5) is 2.77. The fourth-order valence-corrected chi connectivity index (χ4v) is 4.03. The number of hydrogen-bond donors (Lipinski definition) is 0. The zero-order chi connectivity index (χ0) is 16.6. The Bertz CT molecular complexity index is 800. The van der Waals surface area contributed by atoms with Gasteiger partial charge < -0.3 is 14.4 Å². The molecule has 0 spiro atoms. The molecule has 0 bridgehead atoms. The molecular formula is C18H19NO4S. The van der Waals surface area contributed by atoms with Crippen LogP contribution in [0, 0.1) is 0 Å². The van der Waals surface area contributed by atoms with Crippen molar-refractivity contribution in [1.29, 1.82) is 0 Å². The molecule has 2 fully saturated rings. The zero-order valence-corrected chi connectivity index (χ0v) is 14.0. The molecule has 126 valence electrons. The molecule has 2 aromatic rings. The number of nitrogens with zero attached hydrogens (tertiary/aromatic N) is 1. The first-order valence-corrected chi connectivity index (χ1v) is 9.49. The molecule has 0 saturated carbocycles. The quantitative estimate of drug-likeness (QED) is 0.720. The van der Waals surface area contributed by atoms with E-state index >= 15 is 0 Å². The average Bonchev–Trinajstić information content (AvgIpc) is 3.51. The van der Waals surface area contributed by atoms with Gasteiger partial charge in [0.1, 0.15) is 0 Å². The third-order valence-corrected chi connectivity index (χ3v) is 5.97. The van der Waals surface area contributed by atoms with Gasteiger partial charge in [-0.25, -0.2) is 8.42 Å². The monoisotopic (exact) mass is 345 g/mol. The molecule has 2 unspecified atom stereocenters. The number of hydrogen-bond acceptors (Lipinski definition) is 5. The van der Waals surface area contributed by atoms with Crippen molar-refractivity contribution in [3.8, 4) is 0 Å². The van der Waals surface area contributed by atoms with Crippen LogP contribution in [0.1, 0.15) is 0 Å². The van der Waals surface area contributed by atoms with E-state index in [1.165, 1.54) is 0 Å². The van der Waals surface area contributed by atoms with E-state index in [0.29, 0.717) is 9.79 Å². The van der Waals surface area contributed by atoms with Crippen molar-refractivity contribution >= 4 is 15.5 Å². The summed E-state index contributed by atoms with van der Waals surface area (Å²) in [7, 11) is -3.51. The first-order chi connectivity index (χ1) is 11.6. The first-order valence-electron chi connectivity index (χ1n) is 8.01. The van der Waals surface area contributed by atoms with Crippen molar-refractivity contribution in [1.82, 2.24) is 0 Å². The van der Waals surface area contributed by atoms with Gasteiger partial charge in [0.15, 0.2) is 0 Å². The lowest BCUT2D eigenvalue weighted by molar-refractivity contribution is 0.389. The average molecular weight is 345 g/mol. The minimum atomic E-state index is -3.51. The molecule has 2 heterocycles. The molecule has 2 atom stereocenters. The van der Waals surface area contributed by atoms with Crippen LogP contribution in [0.4, 0.5) is 5.69 Å². The van der Waals surface area contributed by atoms with Crippen LogP contribution < -0.4 is 4.90 Å². The Morgan fingerprint density at radius 3 is 2.04 bits per heavy atom. The summed E-state index contributed by atoms with van der Waals surface area (Å²) in [5, 5.41) is 0. The van der Waals surface area contributed by atoms with Crippen LogP contribution in [-0.2, 0) is 19.3 Å². The molecule has 2 aromatic carbocycles. The first kappa shape index (κ1) is 15.6. The molecule has 0 N–H and O–H groups in total. The summed E-state index contributed by atoms with van der Waals surface area (Å²) in [5.41, 5.74) is 0.887. The summed E-state index contributed by atoms with van der Waals surface area (Å²) >= 11 is 0. The van der Waals surface area contributed by atoms with E-state index < -0.39 is 9.84 Å². The fraction of sp³-hybridized carbons (Fsp3) is 0.333. The van der Waals surface area contributed by atoms with Gasteiger partial charge in [-0.2, -0.15) is 0 Å². The van der Waals surface area contributed by atoms with Crippen molar-refractivity contribution in [2.24, 2.45) is 0 Å². The molecule has 4 rings (SSSR count). The van der Waals surface area contributed by atoms with Crippen LogP contribution in [0.15, 0.2) is 64.4 Å². The second-order valence-electron chi connectivity index (χ2n) is 6.13. The van der Waals surface area contributed by atoms with Gasteiger partial charge in [0.2, 0.25) is 9.84 Å². The van der Waals surface area contributed by atoms with Crippen molar-refractivity contribution in [2.75, 3.05) is 31.2 Å². The van der Waals surface area contributed by atoms with Gasteiger partial charge in [0.25, 0.3) is 0 Å². The third-order valence-electron chi connectivity index (χ3n) is 4.20. The predicted molar refractivity (Wildman–Crippen MR) is 90.0 cm³/mol. The molecular weight excluding hydrogens is 326 g/mol. The number of epoxide rings is 2. The second kappa shape index (κ2) is 6.20. The topological polar surface area (TPSA) is 62.4 Å².